The van der Waals surface area contributed by atoms with Crippen LogP contribution in [0.2, 0.25) is 0 Å². The van der Waals surface area contributed by atoms with Gasteiger partial charge in [-0.15, -0.1) is 13.2 Å². The number of nitrogens with zero attached hydrogens (tertiary/aromatic N) is 1. The topological polar surface area (TPSA) is 146 Å². The van der Waals surface area contributed by atoms with Gasteiger partial charge in [-0.1, -0.05) is 50.2 Å². The molecular formula is C35H43F3N4O6. The summed E-state index contributed by atoms with van der Waals surface area (Å²) in [7, 11) is 0. The highest BCUT2D eigenvalue weighted by atomic mass is 19.4. The van der Waals surface area contributed by atoms with Crippen LogP contribution in [0.5, 0.6) is 5.75 Å². The number of amides is 2. The van der Waals surface area contributed by atoms with Crippen molar-refractivity contribution < 1.29 is 41.8 Å². The molecule has 1 unspecified atom stereocenters. The van der Waals surface area contributed by atoms with Crippen molar-refractivity contribution in [1.29, 1.82) is 0 Å². The molecule has 260 valence electrons. The van der Waals surface area contributed by atoms with Gasteiger partial charge in [-0.3, -0.25) is 14.5 Å². The average molecular weight is 673 g/mol. The number of Topliss-reactive ketones (excluding diaryl/α,β-unsaturated/α-hetero) is 1. The summed E-state index contributed by atoms with van der Waals surface area (Å²) in [5.74, 6) is -2.00. The number of ketones is 1. The summed E-state index contributed by atoms with van der Waals surface area (Å²) in [6, 6.07) is 10.5. The Labute approximate surface area is 278 Å². The first kappa shape index (κ1) is 37.5. The fraction of sp³-hybridized carbons (Fsp3) is 0.400. The van der Waals surface area contributed by atoms with Crippen molar-refractivity contribution in [3.8, 4) is 5.75 Å². The zero-order valence-electron chi connectivity index (χ0n) is 28.3. The monoisotopic (exact) mass is 672 g/mol. The van der Waals surface area contributed by atoms with Crippen molar-refractivity contribution in [1.82, 2.24) is 10.2 Å². The van der Waals surface area contributed by atoms with Crippen LogP contribution >= 0.6 is 0 Å². The van der Waals surface area contributed by atoms with E-state index in [-0.39, 0.29) is 46.4 Å². The lowest BCUT2D eigenvalue weighted by molar-refractivity contribution is -0.274. The Hall–Kier alpha value is -4.94. The zero-order valence-corrected chi connectivity index (χ0v) is 28.3. The van der Waals surface area contributed by atoms with Crippen LogP contribution in [0.3, 0.4) is 0 Å². The molecular weight excluding hydrogens is 629 g/mol. The fourth-order valence-electron chi connectivity index (χ4n) is 4.66. The first-order valence-corrected chi connectivity index (χ1v) is 15.2. The molecule has 2 aromatic rings. The van der Waals surface area contributed by atoms with Gasteiger partial charge in [0.15, 0.2) is 11.5 Å². The summed E-state index contributed by atoms with van der Waals surface area (Å²) in [4.78, 5) is 41.5. The van der Waals surface area contributed by atoms with Crippen LogP contribution < -0.4 is 21.5 Å². The van der Waals surface area contributed by atoms with E-state index < -0.39 is 47.1 Å². The Balaban J connectivity index is 2.13. The van der Waals surface area contributed by atoms with Crippen LogP contribution in [0, 0.1) is 0 Å². The van der Waals surface area contributed by atoms with Gasteiger partial charge < -0.3 is 31.0 Å². The van der Waals surface area contributed by atoms with Crippen LogP contribution in [-0.2, 0) is 14.3 Å². The minimum atomic E-state index is -4.93. The largest absolute Gasteiger partial charge is 0.573 e. The number of carbonyl (C=O) groups is 3. The number of halogens is 3. The molecule has 0 aromatic heterocycles. The predicted molar refractivity (Wildman–Crippen MR) is 174 cm³/mol. The molecule has 1 aliphatic heterocycles. The van der Waals surface area contributed by atoms with E-state index in [1.807, 2.05) is 26.0 Å². The van der Waals surface area contributed by atoms with Gasteiger partial charge in [-0.2, -0.15) is 0 Å². The number of hydrogen-bond acceptors (Lipinski definition) is 8. The molecule has 0 saturated heterocycles. The zero-order chi connectivity index (χ0) is 36.2. The summed E-state index contributed by atoms with van der Waals surface area (Å²) in [5.41, 5.74) is 12.5. The van der Waals surface area contributed by atoms with E-state index >= 15 is 0 Å². The smallest absolute Gasteiger partial charge is 0.482 e. The number of ether oxygens (including phenoxy) is 3. The van der Waals surface area contributed by atoms with Crippen LogP contribution in [0.4, 0.5) is 18.0 Å². The number of allylic oxidation sites excluding steroid dienone is 2. The van der Waals surface area contributed by atoms with Crippen molar-refractivity contribution >= 4 is 17.8 Å². The van der Waals surface area contributed by atoms with E-state index in [2.05, 4.69) is 10.1 Å². The van der Waals surface area contributed by atoms with E-state index in [0.717, 1.165) is 22.6 Å². The fourth-order valence-corrected chi connectivity index (χ4v) is 4.66. The lowest BCUT2D eigenvalue weighted by atomic mass is 9.91. The Bertz CT molecular complexity index is 1600. The van der Waals surface area contributed by atoms with Gasteiger partial charge in [-0.25, -0.2) is 4.79 Å². The highest BCUT2D eigenvalue weighted by molar-refractivity contribution is 6.16. The van der Waals surface area contributed by atoms with Crippen LogP contribution in [0.25, 0.3) is 0 Å². The Morgan fingerprint density at radius 1 is 0.896 bits per heavy atom. The predicted octanol–water partition coefficient (Wildman–Crippen LogP) is 6.71. The van der Waals surface area contributed by atoms with E-state index in [1.165, 1.54) is 24.3 Å². The minimum Gasteiger partial charge on any atom is -0.482 e. The Morgan fingerprint density at radius 3 is 1.98 bits per heavy atom. The van der Waals surface area contributed by atoms with E-state index in [9.17, 15) is 27.6 Å². The van der Waals surface area contributed by atoms with Gasteiger partial charge in [0.1, 0.15) is 22.8 Å². The molecule has 0 saturated carbocycles. The molecule has 0 spiro atoms. The average Bonchev–Trinajstić information content (AvgIpc) is 3.23. The molecule has 13 heteroatoms. The highest BCUT2D eigenvalue weighted by Gasteiger charge is 2.47. The number of hydrogen-bond donors (Lipinski definition) is 3. The molecule has 2 aromatic carbocycles. The minimum absolute atomic E-state index is 0.0587. The molecule has 1 atom stereocenters. The molecule has 3 rings (SSSR count). The van der Waals surface area contributed by atoms with Crippen molar-refractivity contribution in [3.05, 3.63) is 100 Å². The molecule has 5 N–H and O–H groups in total. The number of benzene rings is 2. The third kappa shape index (κ3) is 10.3. The lowest BCUT2D eigenvalue weighted by Gasteiger charge is -2.27. The van der Waals surface area contributed by atoms with Crippen LogP contribution in [0.1, 0.15) is 88.8 Å². The van der Waals surface area contributed by atoms with Crippen molar-refractivity contribution in [3.63, 3.8) is 0 Å². The van der Waals surface area contributed by atoms with Crippen molar-refractivity contribution in [2.45, 2.75) is 84.9 Å². The first-order chi connectivity index (χ1) is 22.1. The Kier molecular flexibility index (Phi) is 11.3. The summed E-state index contributed by atoms with van der Waals surface area (Å²) in [6.07, 6.45) is -2.93. The number of carbonyl (C=O) groups excluding carboxylic acids is 3. The van der Waals surface area contributed by atoms with Crippen LogP contribution in [0.15, 0.2) is 83.5 Å². The standard InChI is InChI=1S/C35H43F3N4O6/c1-20(2)21-9-11-23(12-10-21)29(43)27-28(22-13-16-25(17-14-22)46-35(36,37)38)42(31(44)30(27)47-33(3,4)5)26(40)18-15-24(39)19-41-32(45)48-34(6,7)8/h9-18,20,28H,19,39-40H2,1-8H3,(H,41,45)/b24-15-,26-18+. The second-order valence-corrected chi connectivity index (χ2v) is 13.4. The summed E-state index contributed by atoms with van der Waals surface area (Å²) in [5, 5.41) is 2.51. The number of rotatable bonds is 10. The quantitative estimate of drug-likeness (QED) is 0.187. The number of alkyl carbamates (subject to hydrolysis) is 1. The number of nitrogens with one attached hydrogen (secondary N) is 1. The molecule has 48 heavy (non-hydrogen) atoms. The van der Waals surface area contributed by atoms with E-state index in [4.69, 9.17) is 20.9 Å². The second-order valence-electron chi connectivity index (χ2n) is 13.4. The summed E-state index contributed by atoms with van der Waals surface area (Å²) in [6.45, 7) is 14.1. The number of nitrogens with two attached hydrogens (primary N) is 2. The lowest BCUT2D eigenvalue weighted by Crippen LogP contribution is -2.35. The van der Waals surface area contributed by atoms with Gasteiger partial charge in [0, 0.05) is 11.3 Å². The van der Waals surface area contributed by atoms with Gasteiger partial charge in [0.2, 0.25) is 0 Å². The summed E-state index contributed by atoms with van der Waals surface area (Å²) >= 11 is 0. The van der Waals surface area contributed by atoms with Gasteiger partial charge in [-0.05, 0) is 82.9 Å². The highest BCUT2D eigenvalue weighted by Crippen LogP contribution is 2.43. The molecule has 0 aliphatic carbocycles. The molecule has 10 nitrogen and oxygen atoms in total. The number of alkyl halides is 3. The maximum Gasteiger partial charge on any atom is 0.573 e. The third-order valence-electron chi connectivity index (χ3n) is 6.69. The maximum atomic E-state index is 14.3. The molecule has 0 bridgehead atoms. The van der Waals surface area contributed by atoms with Crippen LogP contribution in [-0.4, -0.2) is 46.8 Å². The Morgan fingerprint density at radius 2 is 1.48 bits per heavy atom. The van der Waals surface area contributed by atoms with E-state index in [0.29, 0.717) is 0 Å². The normalized spacial score (nSPS) is 16.4. The first-order valence-electron chi connectivity index (χ1n) is 15.2. The second kappa shape index (κ2) is 14.4. The van der Waals surface area contributed by atoms with Crippen molar-refractivity contribution in [2.24, 2.45) is 11.5 Å². The molecule has 1 aliphatic rings. The van der Waals surface area contributed by atoms with Crippen molar-refractivity contribution in [2.75, 3.05) is 6.54 Å². The molecule has 0 radical (unpaired) electrons. The van der Waals surface area contributed by atoms with Gasteiger partial charge in [0.05, 0.1) is 18.2 Å². The molecule has 1 heterocycles. The van der Waals surface area contributed by atoms with E-state index in [1.54, 1.807) is 53.7 Å². The summed E-state index contributed by atoms with van der Waals surface area (Å²) < 4.78 is 54.1. The third-order valence-corrected chi connectivity index (χ3v) is 6.69. The molecule has 0 fully saturated rings. The van der Waals surface area contributed by atoms with Gasteiger partial charge >= 0.3 is 12.5 Å². The molecule has 2 amide bonds. The maximum absolute atomic E-state index is 14.3. The SMILES string of the molecule is CC(C)c1ccc(C(=O)C2=C(OC(C)(C)C)C(=O)N(/C(N)=C/C=C(\N)CNC(=O)OC(C)(C)C)C2c2ccc(OC(F)(F)F)cc2)cc1. The van der Waals surface area contributed by atoms with Gasteiger partial charge in [0.25, 0.3) is 5.91 Å².